The Morgan fingerprint density at radius 3 is 1.38 bits per heavy atom. The van der Waals surface area contributed by atoms with Crippen molar-refractivity contribution in [2.75, 3.05) is 19.8 Å². The Hall–Kier alpha value is -0.650. The van der Waals surface area contributed by atoms with Crippen molar-refractivity contribution in [1.82, 2.24) is 0 Å². The van der Waals surface area contributed by atoms with Crippen molar-refractivity contribution >= 4 is 96.5 Å². The minimum Gasteiger partial charge on any atom is -0.750 e. The van der Waals surface area contributed by atoms with Gasteiger partial charge in [0.1, 0.15) is 42.7 Å². The summed E-state index contributed by atoms with van der Waals surface area (Å²) < 4.78 is 310. The van der Waals surface area contributed by atoms with Gasteiger partial charge in [-0.1, -0.05) is 0 Å². The van der Waals surface area contributed by atoms with Crippen molar-refractivity contribution in [3.63, 3.8) is 0 Å². The van der Waals surface area contributed by atoms with Crippen LogP contribution in [-0.4, -0.2) is 179 Å². The molecule has 6 N–H and O–H groups in total. The molecule has 0 aromatic carbocycles. The van der Waals surface area contributed by atoms with Crippen LogP contribution in [0, 0.1) is 0 Å². The van der Waals surface area contributed by atoms with E-state index in [1.807, 2.05) is 0 Å². The SMILES string of the molecule is O=S([O-])OC[C@H](OS(=O)(=O)O)[C@@H](O[C@@H]1O[C@H](COS(=O)[O-])[C@@H](OS(=O)[O-])[C@H](OS(=O)(=O)O)[C@H]1OS(=O)(=O)O)[C@H](OS(=O)(=O)O)[C@@H](COS(=O)(=O)O)OS(=O)(=O)O. The Balaban J connectivity index is 4.44. The van der Waals surface area contributed by atoms with Crippen LogP contribution < -0.4 is 0 Å². The third-order valence-electron chi connectivity index (χ3n) is 5.36. The number of hydrogen-bond acceptors (Lipinski definition) is 29. The van der Waals surface area contributed by atoms with Gasteiger partial charge in [0, 0.05) is 0 Å². The third-order valence-corrected chi connectivity index (χ3v) is 9.20. The maximum atomic E-state index is 11.9. The predicted molar refractivity (Wildman–Crippen MR) is 157 cm³/mol. The Morgan fingerprint density at radius 2 is 0.982 bits per heavy atom. The van der Waals surface area contributed by atoms with Crippen LogP contribution in [0.15, 0.2) is 0 Å². The minimum atomic E-state index is -6.36. The fourth-order valence-corrected chi connectivity index (χ4v) is 7.55. The third kappa shape index (κ3) is 22.6. The van der Waals surface area contributed by atoms with Crippen molar-refractivity contribution in [2.24, 2.45) is 0 Å². The first-order valence-electron chi connectivity index (χ1n) is 12.4. The Bertz CT molecular complexity index is 2060. The lowest BCUT2D eigenvalue weighted by molar-refractivity contribution is -0.312. The second-order valence-corrected chi connectivity index (χ2v) is 17.4. The van der Waals surface area contributed by atoms with Crippen LogP contribution in [0.3, 0.4) is 0 Å². The maximum absolute atomic E-state index is 11.9. The van der Waals surface area contributed by atoms with Gasteiger partial charge in [0.2, 0.25) is 0 Å². The second kappa shape index (κ2) is 21.2. The van der Waals surface area contributed by atoms with E-state index in [0.717, 1.165) is 0 Å². The van der Waals surface area contributed by atoms with E-state index < -0.39 is 171 Å². The van der Waals surface area contributed by atoms with Gasteiger partial charge in [-0.2, -0.15) is 50.5 Å². The molecule has 1 saturated heterocycles. The lowest BCUT2D eigenvalue weighted by atomic mass is 9.98. The van der Waals surface area contributed by atoms with Gasteiger partial charge in [-0.3, -0.25) is 39.9 Å². The number of rotatable bonds is 26. The van der Waals surface area contributed by atoms with Gasteiger partial charge in [-0.25, -0.2) is 37.7 Å². The molecule has 44 heteroatoms. The molecule has 0 aliphatic carbocycles. The van der Waals surface area contributed by atoms with Gasteiger partial charge in [0.25, 0.3) is 0 Å². The summed E-state index contributed by atoms with van der Waals surface area (Å²) in [6.07, 6.45) is -29.6. The lowest BCUT2D eigenvalue weighted by Crippen LogP contribution is -2.65. The standard InChI is InChI=1S/C12H24O35S9/c13-48(14)37-1-4-8(42-50(17)18)10(46-55(31,32)33)11(47-56(34,35)36)12(40-4)41-7(5(2-38-49(15)16)43-52(22,23)24)9(45-54(28,29)30)6(44-53(25,26)27)3-39-51(19,20)21/h4-12H,1-3H2,(H,13,14)(H,15,16)(H,17,18)(H,19,20,21)(H,22,23,24)(H,25,26,27)(H,28,29,30)(H,31,32,33)(H,34,35,36)/p-3/t4-,5+,6-,7-,8-,9-,10+,11-,12+/m1/s1. The average molecular weight is 1010 g/mol. The molecular weight excluding hydrogens is 993 g/mol. The highest BCUT2D eigenvalue weighted by Crippen LogP contribution is 2.34. The first-order valence-corrected chi connectivity index (χ1v) is 23.6. The molecular formula is C12H21O35S9-3. The number of hydrogen-bond donors (Lipinski definition) is 6. The molecule has 1 rings (SSSR count). The monoisotopic (exact) mass is 1010 g/mol. The van der Waals surface area contributed by atoms with Crippen molar-refractivity contribution < 1.29 is 151 Å². The first-order chi connectivity index (χ1) is 25.0. The molecule has 0 aromatic rings. The summed E-state index contributed by atoms with van der Waals surface area (Å²) in [6, 6.07) is 0. The van der Waals surface area contributed by atoms with E-state index in [9.17, 15) is 99.6 Å². The molecule has 0 amide bonds. The fourth-order valence-electron chi connectivity index (χ4n) is 3.89. The maximum Gasteiger partial charge on any atom is 0.397 e. The summed E-state index contributed by atoms with van der Waals surface area (Å²) in [6.45, 7) is -5.99. The topological polar surface area (TPSA) is 548 Å². The van der Waals surface area contributed by atoms with Gasteiger partial charge >= 0.3 is 62.4 Å². The molecule has 12 atom stereocenters. The van der Waals surface area contributed by atoms with Crippen molar-refractivity contribution in [3.05, 3.63) is 0 Å². The molecule has 1 fully saturated rings. The lowest BCUT2D eigenvalue weighted by Gasteiger charge is -2.46. The molecule has 1 aliphatic rings. The molecule has 0 radical (unpaired) electrons. The highest BCUT2D eigenvalue weighted by molar-refractivity contribution is 7.82. The molecule has 0 aromatic heterocycles. The summed E-state index contributed by atoms with van der Waals surface area (Å²) >= 11 is -11.5. The smallest absolute Gasteiger partial charge is 0.397 e. The van der Waals surface area contributed by atoms with Crippen LogP contribution >= 0.6 is 0 Å². The van der Waals surface area contributed by atoms with Gasteiger partial charge in [0.05, 0.1) is 53.9 Å². The molecule has 3 unspecified atom stereocenters. The predicted octanol–water partition coefficient (Wildman–Crippen LogP) is -7.34. The zero-order valence-corrected chi connectivity index (χ0v) is 32.9. The van der Waals surface area contributed by atoms with E-state index in [2.05, 4.69) is 37.6 Å². The van der Waals surface area contributed by atoms with Crippen LogP contribution in [0.4, 0.5) is 0 Å². The minimum absolute atomic E-state index is 1.68. The van der Waals surface area contributed by atoms with E-state index in [1.54, 1.807) is 0 Å². The van der Waals surface area contributed by atoms with E-state index in [-0.39, 0.29) is 0 Å². The zero-order chi connectivity index (χ0) is 43.8. The van der Waals surface area contributed by atoms with E-state index >= 15 is 0 Å². The molecule has 0 saturated carbocycles. The second-order valence-electron chi connectivity index (χ2n) is 9.19. The van der Waals surface area contributed by atoms with Crippen molar-refractivity contribution in [3.8, 4) is 0 Å². The quantitative estimate of drug-likeness (QED) is 0.0346. The zero-order valence-electron chi connectivity index (χ0n) is 25.5. The van der Waals surface area contributed by atoms with Gasteiger partial charge in [-0.05, 0) is 0 Å². The number of ether oxygens (including phenoxy) is 2. The van der Waals surface area contributed by atoms with E-state index in [0.29, 0.717) is 0 Å². The Labute approximate surface area is 321 Å². The van der Waals surface area contributed by atoms with Crippen LogP contribution in [-0.2, 0) is 144 Å². The first kappa shape index (κ1) is 53.4. The van der Waals surface area contributed by atoms with Crippen LogP contribution in [0.25, 0.3) is 0 Å². The van der Waals surface area contributed by atoms with Crippen molar-refractivity contribution in [1.29, 1.82) is 0 Å². The normalized spacial score (nSPS) is 25.8. The van der Waals surface area contributed by atoms with Gasteiger partial charge in [-0.15, -0.1) is 0 Å². The van der Waals surface area contributed by atoms with Crippen LogP contribution in [0.1, 0.15) is 0 Å². The van der Waals surface area contributed by atoms with Crippen LogP contribution in [0.2, 0.25) is 0 Å². The van der Waals surface area contributed by atoms with Gasteiger partial charge in [0.15, 0.2) is 12.4 Å². The van der Waals surface area contributed by atoms with E-state index in [1.165, 1.54) is 0 Å². The molecule has 1 aliphatic heterocycles. The summed E-state index contributed by atoms with van der Waals surface area (Å²) in [4.78, 5) is 0. The summed E-state index contributed by atoms with van der Waals surface area (Å²) in [5.41, 5.74) is 0. The van der Waals surface area contributed by atoms with E-state index in [4.69, 9.17) is 14.0 Å². The molecule has 336 valence electrons. The highest BCUT2D eigenvalue weighted by atomic mass is 32.3. The average Bonchev–Trinajstić information content (AvgIpc) is 2.93. The Morgan fingerprint density at radius 1 is 0.536 bits per heavy atom. The van der Waals surface area contributed by atoms with Gasteiger partial charge < -0.3 is 23.1 Å². The Kier molecular flexibility index (Phi) is 20.2. The molecule has 0 bridgehead atoms. The van der Waals surface area contributed by atoms with Crippen LogP contribution in [0.5, 0.6) is 0 Å². The fraction of sp³-hybridized carbons (Fsp3) is 1.00. The largest absolute Gasteiger partial charge is 0.750 e. The molecule has 0 spiro atoms. The molecule has 56 heavy (non-hydrogen) atoms. The summed E-state index contributed by atoms with van der Waals surface area (Å²) in [5, 5.41) is 0. The molecule has 35 nitrogen and oxygen atoms in total. The highest BCUT2D eigenvalue weighted by Gasteiger charge is 2.56. The summed E-state index contributed by atoms with van der Waals surface area (Å²) in [5.74, 6) is 0. The summed E-state index contributed by atoms with van der Waals surface area (Å²) in [7, 11) is -36.9. The molecule has 1 heterocycles. The van der Waals surface area contributed by atoms with Crippen molar-refractivity contribution in [2.45, 2.75) is 55.1 Å².